The van der Waals surface area contributed by atoms with Crippen LogP contribution in [0.25, 0.3) is 22.3 Å². The largest absolute Gasteiger partial charge is 0.390 e. The second kappa shape index (κ2) is 21.5. The van der Waals surface area contributed by atoms with Gasteiger partial charge in [-0.15, -0.1) is 5.11 Å². The molecule has 2 aromatic heterocycles. The molecular weight excluding hydrogens is 811 g/mol. The van der Waals surface area contributed by atoms with E-state index in [2.05, 4.69) is 32.5 Å². The molecule has 0 amide bonds. The van der Waals surface area contributed by atoms with Gasteiger partial charge in [0.1, 0.15) is 11.6 Å². The summed E-state index contributed by atoms with van der Waals surface area (Å²) in [4.78, 5) is 9.14. The molecule has 16 heteroatoms. The molecule has 14 nitrogen and oxygen atoms in total. The van der Waals surface area contributed by atoms with Crippen molar-refractivity contribution in [1.82, 2.24) is 24.1 Å². The zero-order valence-corrected chi connectivity index (χ0v) is 35.5. The summed E-state index contributed by atoms with van der Waals surface area (Å²) in [6.07, 6.45) is 5.81. The number of hydrogen-bond donors (Lipinski definition) is 6. The Kier molecular flexibility index (Phi) is 15.6. The van der Waals surface area contributed by atoms with Crippen LogP contribution in [0.5, 0.6) is 0 Å². The molecule has 0 fully saturated rings. The van der Waals surface area contributed by atoms with Crippen LogP contribution >= 0.6 is 23.2 Å². The fourth-order valence-corrected chi connectivity index (χ4v) is 7.95. The van der Waals surface area contributed by atoms with E-state index in [0.29, 0.717) is 66.6 Å². The highest BCUT2D eigenvalue weighted by atomic mass is 35.5. The molecule has 0 atom stereocenters. The number of aliphatic hydroxyl groups excluding tert-OH is 2. The number of amidine groups is 2. The van der Waals surface area contributed by atoms with Crippen molar-refractivity contribution in [2.24, 2.45) is 21.4 Å². The Morgan fingerprint density at radius 1 is 0.689 bits per heavy atom. The number of benzene rings is 4. The molecule has 6 aromatic rings. The summed E-state index contributed by atoms with van der Waals surface area (Å²) in [6.45, 7) is 2.99. The molecule has 0 aliphatic carbocycles. The summed E-state index contributed by atoms with van der Waals surface area (Å²) >= 11 is 12.9. The lowest BCUT2D eigenvalue weighted by Crippen LogP contribution is -2.27. The Balaban J connectivity index is 1.10. The third-order valence-corrected chi connectivity index (χ3v) is 11.2. The van der Waals surface area contributed by atoms with Crippen LogP contribution < -0.4 is 5.84 Å². The molecular formula is C45H50Cl2N12O2. The summed E-state index contributed by atoms with van der Waals surface area (Å²) in [7, 11) is 0. The van der Waals surface area contributed by atoms with Gasteiger partial charge in [-0.2, -0.15) is 5.53 Å². The van der Waals surface area contributed by atoms with Crippen molar-refractivity contribution in [3.05, 3.63) is 153 Å². The van der Waals surface area contributed by atoms with E-state index in [1.165, 1.54) is 5.01 Å². The lowest BCUT2D eigenvalue weighted by atomic mass is 9.97. The maximum Gasteiger partial charge on any atom is 0.176 e. The molecule has 4 aromatic carbocycles. The lowest BCUT2D eigenvalue weighted by molar-refractivity contribution is 0.271. The molecule has 0 bridgehead atoms. The van der Waals surface area contributed by atoms with Crippen LogP contribution in [0, 0.1) is 16.3 Å². The van der Waals surface area contributed by atoms with Crippen LogP contribution in [0.4, 0.5) is 0 Å². The molecule has 6 rings (SSSR count). The van der Waals surface area contributed by atoms with Crippen molar-refractivity contribution in [1.29, 1.82) is 16.3 Å². The number of rotatable bonds is 20. The van der Waals surface area contributed by atoms with Crippen molar-refractivity contribution >= 4 is 34.9 Å². The smallest absolute Gasteiger partial charge is 0.176 e. The van der Waals surface area contributed by atoms with E-state index in [1.54, 1.807) is 6.07 Å². The van der Waals surface area contributed by atoms with Crippen LogP contribution in [0.2, 0.25) is 10.3 Å². The van der Waals surface area contributed by atoms with Gasteiger partial charge in [-0.1, -0.05) is 150 Å². The summed E-state index contributed by atoms with van der Waals surface area (Å²) < 4.78 is 3.94. The van der Waals surface area contributed by atoms with Gasteiger partial charge in [-0.3, -0.25) is 10.8 Å². The first-order chi connectivity index (χ1) is 29.7. The molecule has 0 unspecified atom stereocenters. The highest BCUT2D eigenvalue weighted by Crippen LogP contribution is 2.29. The van der Waals surface area contributed by atoms with Gasteiger partial charge in [0.15, 0.2) is 22.0 Å². The van der Waals surface area contributed by atoms with Gasteiger partial charge in [0.05, 0.1) is 24.6 Å². The van der Waals surface area contributed by atoms with Gasteiger partial charge in [-0.05, 0) is 52.6 Å². The highest BCUT2D eigenvalue weighted by Gasteiger charge is 2.20. The van der Waals surface area contributed by atoms with Crippen molar-refractivity contribution < 1.29 is 10.2 Å². The maximum atomic E-state index is 10.2. The third-order valence-electron chi connectivity index (χ3n) is 10.6. The van der Waals surface area contributed by atoms with E-state index in [0.717, 1.165) is 70.7 Å². The number of nitrogens with two attached hydrogens (primary N) is 1. The second-order valence-corrected chi connectivity index (χ2v) is 15.3. The van der Waals surface area contributed by atoms with Gasteiger partial charge in [-0.25, -0.2) is 15.0 Å². The van der Waals surface area contributed by atoms with Crippen LogP contribution in [0.1, 0.15) is 84.3 Å². The van der Waals surface area contributed by atoms with Crippen LogP contribution in [-0.2, 0) is 39.1 Å². The predicted molar refractivity (Wildman–Crippen MR) is 239 cm³/mol. The number of hydrogen-bond acceptors (Lipinski definition) is 9. The van der Waals surface area contributed by atoms with Gasteiger partial charge in [0, 0.05) is 43.6 Å². The van der Waals surface area contributed by atoms with Crippen LogP contribution in [0.15, 0.2) is 113 Å². The molecule has 0 aliphatic rings. The Labute approximate surface area is 365 Å². The van der Waals surface area contributed by atoms with Crippen molar-refractivity contribution in [3.63, 3.8) is 0 Å². The molecule has 2 heterocycles. The molecule has 61 heavy (non-hydrogen) atoms. The first-order valence-electron chi connectivity index (χ1n) is 20.2. The lowest BCUT2D eigenvalue weighted by Gasteiger charge is -2.20. The molecule has 0 spiro atoms. The van der Waals surface area contributed by atoms with Crippen molar-refractivity contribution in [3.8, 4) is 22.3 Å². The van der Waals surface area contributed by atoms with Gasteiger partial charge < -0.3 is 25.2 Å². The van der Waals surface area contributed by atoms with Crippen LogP contribution in [-0.4, -0.2) is 52.5 Å². The fourth-order valence-electron chi connectivity index (χ4n) is 7.43. The number of nitrogens with one attached hydrogen (secondary N) is 3. The number of halogens is 2. The number of aromatic nitrogens is 4. The number of aryl methyl sites for hydroxylation is 2. The van der Waals surface area contributed by atoms with E-state index in [1.807, 2.05) is 100 Å². The summed E-state index contributed by atoms with van der Waals surface area (Å²) in [5.74, 6) is 6.86. The Morgan fingerprint density at radius 2 is 1.16 bits per heavy atom. The number of unbranched alkanes of at least 4 members (excludes halogenated alkanes) is 3. The molecule has 316 valence electrons. The minimum absolute atomic E-state index is 0.0325. The van der Waals surface area contributed by atoms with E-state index in [-0.39, 0.29) is 30.0 Å². The van der Waals surface area contributed by atoms with Crippen molar-refractivity contribution in [2.75, 3.05) is 6.54 Å². The number of nitrogens with zero attached hydrogens (tertiary/aromatic N) is 8. The second-order valence-electron chi connectivity index (χ2n) is 14.6. The summed E-state index contributed by atoms with van der Waals surface area (Å²) in [6, 6.07) is 31.1. The minimum atomic E-state index is -0.274. The van der Waals surface area contributed by atoms with Crippen molar-refractivity contribution in [2.45, 2.75) is 78.2 Å². The first-order valence-corrected chi connectivity index (χ1v) is 21.0. The van der Waals surface area contributed by atoms with E-state index in [4.69, 9.17) is 45.4 Å². The predicted octanol–water partition coefficient (Wildman–Crippen LogP) is 9.78. The number of imidazole rings is 2. The summed E-state index contributed by atoms with van der Waals surface area (Å²) in [5, 5.41) is 50.3. The van der Waals surface area contributed by atoms with Crippen LogP contribution in [0.3, 0.4) is 0 Å². The van der Waals surface area contributed by atoms with E-state index < -0.39 is 0 Å². The fraction of sp³-hybridized carbons (Fsp3) is 0.289. The first kappa shape index (κ1) is 44.5. The maximum absolute atomic E-state index is 10.2. The molecule has 0 saturated carbocycles. The monoisotopic (exact) mass is 860 g/mol. The average molecular weight is 862 g/mol. The van der Waals surface area contributed by atoms with E-state index in [9.17, 15) is 10.2 Å². The third kappa shape index (κ3) is 10.6. The normalized spacial score (nSPS) is 11.4. The molecule has 0 aliphatic heterocycles. The standard InChI is InChI=1S/C45H50Cl2N12O2/c1-2-3-4-15-40-52-42(46)38(28-60)57(40)26-31-19-23-33(24-20-31)35-12-6-8-14-37(35)45(49)59(56-51)25-10-9-16-41-53-43(47)39(29-61)58(41)27-30-17-21-32(22-18-30)34-11-5-7-13-36(34)44(48)54-55-50/h5-8,11-14,17-24,49,51,60-61H,2-4,9-10,15-16,25-29H2,1H3,(H3,48,50,54). The molecule has 7 N–H and O–H groups in total. The minimum Gasteiger partial charge on any atom is -0.390 e. The zero-order valence-electron chi connectivity index (χ0n) is 34.0. The Morgan fingerprint density at radius 3 is 1.64 bits per heavy atom. The number of aliphatic hydroxyl groups is 2. The Bertz CT molecular complexity index is 2480. The summed E-state index contributed by atoms with van der Waals surface area (Å²) in [5.41, 5.74) is 15.8. The van der Waals surface area contributed by atoms with E-state index >= 15 is 0 Å². The molecule has 0 saturated heterocycles. The average Bonchev–Trinajstić information content (AvgIpc) is 3.75. The SMILES string of the molecule is CCCCCc1nc(Cl)c(CO)n1Cc1ccc(-c2ccccc2C(=N)N(CCCCc2nc(Cl)c(CO)n2Cc2ccc(-c3ccccc3C(=N)N=NN)cc2)N=N)cc1. The quantitative estimate of drug-likeness (QED) is 0.0110. The zero-order chi connectivity index (χ0) is 43.3. The highest BCUT2D eigenvalue weighted by molar-refractivity contribution is 6.30. The Hall–Kier alpha value is -6.06. The molecule has 0 radical (unpaired) electrons. The van der Waals surface area contributed by atoms with Gasteiger partial charge >= 0.3 is 0 Å². The topological polar surface area (TPSA) is 214 Å². The van der Waals surface area contributed by atoms with Gasteiger partial charge in [0.2, 0.25) is 0 Å². The van der Waals surface area contributed by atoms with Gasteiger partial charge in [0.25, 0.3) is 0 Å².